The van der Waals surface area contributed by atoms with Gasteiger partial charge in [0.25, 0.3) is 5.91 Å². The topological polar surface area (TPSA) is 209 Å². The summed E-state index contributed by atoms with van der Waals surface area (Å²) in [7, 11) is -2.13. The Balaban J connectivity index is 0.000000867. The molecule has 0 aliphatic carbocycles. The normalized spacial score (nSPS) is 12.1. The number of carboxylic acids is 1. The van der Waals surface area contributed by atoms with Gasteiger partial charge < -0.3 is 33.8 Å². The second kappa shape index (κ2) is 33.9. The Morgan fingerprint density at radius 1 is 1.09 bits per heavy atom. The van der Waals surface area contributed by atoms with Gasteiger partial charge in [-0.25, -0.2) is 4.79 Å². The minimum atomic E-state index is -4.35. The van der Waals surface area contributed by atoms with Gasteiger partial charge in [-0.3, -0.25) is 29.2 Å². The third-order valence-corrected chi connectivity index (χ3v) is 10.0. The zero-order valence-electron chi connectivity index (χ0n) is 37.9. The van der Waals surface area contributed by atoms with Crippen LogP contribution in [0, 0.1) is 12.3 Å². The van der Waals surface area contributed by atoms with Crippen molar-refractivity contribution in [3.63, 3.8) is 0 Å². The van der Waals surface area contributed by atoms with Crippen molar-refractivity contribution >= 4 is 100.0 Å². The third-order valence-electron chi connectivity index (χ3n) is 8.21. The van der Waals surface area contributed by atoms with Crippen LogP contribution in [0.3, 0.4) is 0 Å². The number of nitrogens with zero attached hydrogens (tertiary/aromatic N) is 5. The number of carboxylic acid groups (broad SMARTS) is 1. The number of alkyl halides is 3. The number of rotatable bonds is 18. The van der Waals surface area contributed by atoms with E-state index < -0.39 is 31.2 Å². The highest BCUT2D eigenvalue weighted by Gasteiger charge is 2.22. The average molecular weight is 1060 g/mol. The van der Waals surface area contributed by atoms with Crippen molar-refractivity contribution in [2.75, 3.05) is 75.9 Å². The first-order valence-corrected chi connectivity index (χ1v) is 26.4. The minimum absolute atomic E-state index is 0.0371. The number of halogens is 5. The summed E-state index contributed by atoms with van der Waals surface area (Å²) < 4.78 is 23.4. The zero-order chi connectivity index (χ0) is 50.6. The van der Waals surface area contributed by atoms with Gasteiger partial charge in [0.15, 0.2) is 4.84 Å². The number of anilines is 1. The predicted molar refractivity (Wildman–Crippen MR) is 268 cm³/mol. The highest BCUT2D eigenvalue weighted by molar-refractivity contribution is 7.94. The molecule has 1 aliphatic heterocycles. The number of amides is 2. The first-order valence-electron chi connectivity index (χ1n) is 20.0. The quantitative estimate of drug-likeness (QED) is 0.0319. The first-order chi connectivity index (χ1) is 31.1. The summed E-state index contributed by atoms with van der Waals surface area (Å²) in [6.45, 7) is 12.5. The van der Waals surface area contributed by atoms with Gasteiger partial charge in [0, 0.05) is 39.2 Å². The molecule has 16 nitrogen and oxygen atoms in total. The Morgan fingerprint density at radius 3 is 2.11 bits per heavy atom. The molecule has 2 aromatic carbocycles. The fraction of sp³-hybridized carbons (Fsp3) is 0.465. The van der Waals surface area contributed by atoms with E-state index in [1.165, 1.54) is 15.6 Å². The van der Waals surface area contributed by atoms with Gasteiger partial charge in [-0.05, 0) is 53.8 Å². The maximum absolute atomic E-state index is 12.5. The van der Waals surface area contributed by atoms with E-state index >= 15 is 0 Å². The number of carbonyl (C=O) groups excluding carboxylic acids is 2. The van der Waals surface area contributed by atoms with Crippen molar-refractivity contribution in [2.45, 2.75) is 57.3 Å². The van der Waals surface area contributed by atoms with Crippen LogP contribution in [0.1, 0.15) is 43.6 Å². The highest BCUT2D eigenvalue weighted by atomic mass is 35.5. The number of methoxy groups -OCH3 is 1. The summed E-state index contributed by atoms with van der Waals surface area (Å²) in [4.78, 5) is 65.5. The maximum Gasteiger partial charge on any atom is 0.350 e. The molecule has 4 rings (SSSR count). The molecule has 0 saturated heterocycles. The van der Waals surface area contributed by atoms with Crippen LogP contribution in [0.5, 0.6) is 5.75 Å². The Bertz CT molecular complexity index is 2130. The van der Waals surface area contributed by atoms with Crippen LogP contribution in [0.2, 0.25) is 10.0 Å². The molecule has 368 valence electrons. The molecule has 1 atom stereocenters. The summed E-state index contributed by atoms with van der Waals surface area (Å²) in [5.41, 5.74) is 3.47. The van der Waals surface area contributed by atoms with E-state index in [9.17, 15) is 28.6 Å². The molecule has 2 amide bonds. The van der Waals surface area contributed by atoms with Crippen LogP contribution in [0.4, 0.5) is 5.69 Å². The Kier molecular flexibility index (Phi) is 32.1. The van der Waals surface area contributed by atoms with Crippen molar-refractivity contribution in [2.24, 2.45) is 0 Å². The van der Waals surface area contributed by atoms with E-state index in [0.717, 1.165) is 54.7 Å². The molecule has 3 N–H and O–H groups in total. The van der Waals surface area contributed by atoms with E-state index in [-0.39, 0.29) is 36.7 Å². The fourth-order valence-electron chi connectivity index (χ4n) is 5.50. The van der Waals surface area contributed by atoms with Crippen LogP contribution in [-0.2, 0) is 60.4 Å². The summed E-state index contributed by atoms with van der Waals surface area (Å²) in [5.74, 6) is 1.85. The smallest absolute Gasteiger partial charge is 0.350 e. The summed E-state index contributed by atoms with van der Waals surface area (Å²) in [5, 5.41) is 15.0. The summed E-state index contributed by atoms with van der Waals surface area (Å²) >= 11 is 28.8. The lowest BCUT2D eigenvalue weighted by Gasteiger charge is -2.26. The number of carbonyl (C=O) groups is 3. The fourth-order valence-corrected chi connectivity index (χ4v) is 6.83. The van der Waals surface area contributed by atoms with Crippen molar-refractivity contribution < 1.29 is 43.3 Å². The maximum atomic E-state index is 12.5. The second-order valence-corrected chi connectivity index (χ2v) is 20.1. The largest absolute Gasteiger partial charge is 0.778 e. The minimum Gasteiger partial charge on any atom is -0.778 e. The van der Waals surface area contributed by atoms with Crippen LogP contribution in [0.15, 0.2) is 60.4 Å². The monoisotopic (exact) mass is 1060 g/mol. The lowest BCUT2D eigenvalue weighted by molar-refractivity contribution is -0.193. The molecule has 1 aromatic heterocycles. The van der Waals surface area contributed by atoms with Crippen molar-refractivity contribution in [3.8, 4) is 23.8 Å². The second-order valence-electron chi connectivity index (χ2n) is 13.9. The van der Waals surface area contributed by atoms with Crippen LogP contribution in [-0.4, -0.2) is 123 Å². The number of ether oxygens (including phenoxy) is 2. The Hall–Kier alpha value is -3.50. The molecule has 0 saturated carbocycles. The molecule has 2 heterocycles. The molecular weight excluding hydrogens is 1000 g/mol. The van der Waals surface area contributed by atoms with Crippen molar-refractivity contribution in [1.82, 2.24) is 24.6 Å². The van der Waals surface area contributed by atoms with Crippen molar-refractivity contribution in [1.29, 1.82) is 0 Å². The van der Waals surface area contributed by atoms with E-state index in [4.69, 9.17) is 83.9 Å². The third kappa shape index (κ3) is 23.5. The molecule has 0 radical (unpaired) electrons. The Morgan fingerprint density at radius 2 is 1.67 bits per heavy atom. The van der Waals surface area contributed by atoms with Crippen LogP contribution in [0.25, 0.3) is 5.69 Å². The van der Waals surface area contributed by atoms with Crippen LogP contribution >= 0.6 is 65.6 Å². The van der Waals surface area contributed by atoms with E-state index in [0.29, 0.717) is 52.0 Å². The summed E-state index contributed by atoms with van der Waals surface area (Å²) in [6.07, 6.45) is 18.8. The highest BCUT2D eigenvalue weighted by Crippen LogP contribution is 2.33. The number of aryl methyl sites for hydroxylation is 3. The lowest BCUT2D eigenvalue weighted by Crippen LogP contribution is -2.35. The van der Waals surface area contributed by atoms with Gasteiger partial charge in [0.2, 0.25) is 5.91 Å². The van der Waals surface area contributed by atoms with E-state index in [1.807, 2.05) is 23.5 Å². The molecule has 23 heteroatoms. The molecule has 0 spiro atoms. The number of hydrogen-bond donors (Lipinski definition) is 3. The number of nitrogens with one attached hydrogen (secondary N) is 1. The molecule has 3 aromatic rings. The lowest BCUT2D eigenvalue weighted by atomic mass is 10.0. The number of fused-ring (bicyclic) bond motifs is 1. The average Bonchev–Trinajstić information content (AvgIpc) is 3.59. The van der Waals surface area contributed by atoms with Gasteiger partial charge in [0.05, 0.1) is 53.0 Å². The SMILES string of the molecule is C#CCOc1cc(-n2nc3n(c2=O)CCCC3)c(Cl)cc1Cl.C=CCN(CC=C)C(=O)C(Cl)Cl.CCc1cccc(CC)c1N(COC)C(=O)CCl.C[S+](C)C.O=C(O)CNCP(=O)([O-])O. The standard InChI is InChI=1S/C15H13Cl2N3O2.C14H20ClNO2.C8H11Cl2NO.C3H8NO5P.C3H9S/c1-2-7-22-13-9-12(10(16)8-11(13)17)20-15(21)19-6-4-3-5-14(19)18-20;1-4-11-7-6-8-12(5-2)14(11)16(10-18-3)13(17)9-15;1-3-5-11(6-4-2)8(12)7(9)10;5-3(6)1-4-2-10(7,8)9;1-4(2)3/h1,8-9H,3-7H2;6-8H,4-5,9-10H2,1-3H3;3-4,7H,1-2,5-6H2;4H,1-2H2,(H,5,6)(H2,7,8,9);1-3H3/q;;;;+1/p-1. The van der Waals surface area contributed by atoms with E-state index in [2.05, 4.69) is 56.8 Å². The number of para-hydroxylation sites is 1. The van der Waals surface area contributed by atoms with Crippen molar-refractivity contribution in [3.05, 3.63) is 93.1 Å². The van der Waals surface area contributed by atoms with Gasteiger partial charge in [-0.15, -0.1) is 36.3 Å². The summed E-state index contributed by atoms with van der Waals surface area (Å²) in [6, 6.07) is 9.21. The number of terminal acetylenes is 1. The number of aromatic nitrogens is 3. The molecule has 1 unspecified atom stereocenters. The van der Waals surface area contributed by atoms with Gasteiger partial charge in [-0.1, -0.05) is 96.5 Å². The zero-order valence-corrected chi connectivity index (χ0v) is 43.4. The molecule has 0 bridgehead atoms. The number of aliphatic carboxylic acids is 1. The molecule has 1 aliphatic rings. The number of hydrogen-bond acceptors (Lipinski definition) is 10. The van der Waals surface area contributed by atoms with Gasteiger partial charge in [0.1, 0.15) is 38.4 Å². The molecule has 66 heavy (non-hydrogen) atoms. The van der Waals surface area contributed by atoms with E-state index in [1.54, 1.807) is 34.8 Å². The van der Waals surface area contributed by atoms with Gasteiger partial charge in [-0.2, -0.15) is 4.68 Å². The number of benzene rings is 2. The van der Waals surface area contributed by atoms with Crippen LogP contribution < -0.4 is 25.5 Å². The predicted octanol–water partition coefficient (Wildman–Crippen LogP) is 6.32. The molecular formula is C43H60Cl5N6O10PS. The van der Waals surface area contributed by atoms with Gasteiger partial charge >= 0.3 is 11.7 Å². The first kappa shape index (κ1) is 62.5. The Labute approximate surface area is 415 Å². The molecule has 0 fully saturated rings.